The molecule has 10 heteroatoms. The van der Waals surface area contributed by atoms with Crippen LogP contribution in [0, 0.1) is 6.92 Å². The molecule has 2 amide bonds. The molecule has 0 aliphatic carbocycles. The number of hydrogen-bond donors (Lipinski definition) is 1. The lowest BCUT2D eigenvalue weighted by Gasteiger charge is -2.33. The number of carbonyl (C=O) groups is 2. The molecule has 0 aromatic heterocycles. The van der Waals surface area contributed by atoms with E-state index in [1.165, 1.54) is 37.3 Å². The molecule has 2 atom stereocenters. The van der Waals surface area contributed by atoms with Crippen molar-refractivity contribution in [3.63, 3.8) is 0 Å². The van der Waals surface area contributed by atoms with Gasteiger partial charge in [-0.05, 0) is 57.0 Å². The number of methoxy groups -OCH3 is 2. The van der Waals surface area contributed by atoms with Crippen molar-refractivity contribution in [2.45, 2.75) is 57.6 Å². The summed E-state index contributed by atoms with van der Waals surface area (Å²) in [6.07, 6.45) is 0.725. The van der Waals surface area contributed by atoms with Gasteiger partial charge in [0.25, 0.3) is 10.0 Å². The van der Waals surface area contributed by atoms with Crippen molar-refractivity contribution < 1.29 is 27.5 Å². The zero-order valence-electron chi connectivity index (χ0n) is 24.5. The maximum atomic E-state index is 14.1. The van der Waals surface area contributed by atoms with Crippen molar-refractivity contribution in [3.8, 4) is 11.5 Å². The van der Waals surface area contributed by atoms with Crippen molar-refractivity contribution in [1.29, 1.82) is 0 Å². The Kier molecular flexibility index (Phi) is 10.8. The molecule has 0 aliphatic rings. The van der Waals surface area contributed by atoms with Gasteiger partial charge in [0.15, 0.2) is 0 Å². The predicted octanol–water partition coefficient (Wildman–Crippen LogP) is 4.54. The summed E-state index contributed by atoms with van der Waals surface area (Å²) in [6, 6.07) is 19.3. The second kappa shape index (κ2) is 14.0. The highest BCUT2D eigenvalue weighted by Crippen LogP contribution is 2.36. The number of nitrogens with zero attached hydrogens (tertiary/aromatic N) is 2. The standard InChI is InChI=1S/C31H39N3O6S/c1-7-23(3)32-31(36)24(4)33(20-25-15-13-22(2)14-16-25)30(35)21-34(41(37,38)27-11-9-8-10-12-27)28-19-26(39-5)17-18-29(28)40-6/h8-19,23-24H,7,20-21H2,1-6H3,(H,32,36)/t23-,24-/m1/s1. The van der Waals surface area contributed by atoms with Crippen LogP contribution in [0.5, 0.6) is 11.5 Å². The van der Waals surface area contributed by atoms with Crippen LogP contribution in [0.25, 0.3) is 0 Å². The maximum Gasteiger partial charge on any atom is 0.264 e. The van der Waals surface area contributed by atoms with Crippen LogP contribution >= 0.6 is 0 Å². The Morgan fingerprint density at radius 3 is 2.17 bits per heavy atom. The fraction of sp³-hybridized carbons (Fsp3) is 0.355. The Labute approximate surface area is 243 Å². The van der Waals surface area contributed by atoms with Crippen LogP contribution in [0.15, 0.2) is 77.7 Å². The Balaban J connectivity index is 2.10. The van der Waals surface area contributed by atoms with Crippen LogP contribution in [0.4, 0.5) is 5.69 Å². The van der Waals surface area contributed by atoms with Gasteiger partial charge in [0.2, 0.25) is 11.8 Å². The first-order valence-corrected chi connectivity index (χ1v) is 14.9. The number of amides is 2. The van der Waals surface area contributed by atoms with Gasteiger partial charge in [0, 0.05) is 18.7 Å². The molecule has 0 fully saturated rings. The van der Waals surface area contributed by atoms with Crippen LogP contribution in [0.3, 0.4) is 0 Å². The average molecular weight is 582 g/mol. The minimum Gasteiger partial charge on any atom is -0.497 e. The largest absolute Gasteiger partial charge is 0.497 e. The van der Waals surface area contributed by atoms with E-state index in [0.29, 0.717) is 5.75 Å². The van der Waals surface area contributed by atoms with E-state index in [9.17, 15) is 18.0 Å². The van der Waals surface area contributed by atoms with Crippen LogP contribution in [0.1, 0.15) is 38.3 Å². The first-order valence-electron chi connectivity index (χ1n) is 13.5. The van der Waals surface area contributed by atoms with Gasteiger partial charge < -0.3 is 19.7 Å². The zero-order chi connectivity index (χ0) is 30.2. The van der Waals surface area contributed by atoms with E-state index >= 15 is 0 Å². The highest BCUT2D eigenvalue weighted by atomic mass is 32.2. The lowest BCUT2D eigenvalue weighted by Crippen LogP contribution is -2.52. The quantitative estimate of drug-likeness (QED) is 0.318. The number of benzene rings is 3. The first kappa shape index (κ1) is 31.5. The summed E-state index contributed by atoms with van der Waals surface area (Å²) < 4.78 is 39.9. The normalized spacial score (nSPS) is 12.6. The molecule has 0 unspecified atom stereocenters. The van der Waals surface area contributed by atoms with Gasteiger partial charge in [0.05, 0.1) is 24.8 Å². The molecule has 0 radical (unpaired) electrons. The summed E-state index contributed by atoms with van der Waals surface area (Å²) in [5, 5.41) is 2.93. The van der Waals surface area contributed by atoms with Crippen molar-refractivity contribution in [2.75, 3.05) is 25.1 Å². The molecule has 41 heavy (non-hydrogen) atoms. The highest BCUT2D eigenvalue weighted by Gasteiger charge is 2.34. The van der Waals surface area contributed by atoms with Crippen LogP contribution in [0.2, 0.25) is 0 Å². The van der Waals surface area contributed by atoms with E-state index in [0.717, 1.165) is 21.9 Å². The van der Waals surface area contributed by atoms with Crippen molar-refractivity contribution in [3.05, 3.63) is 83.9 Å². The molecule has 3 aromatic carbocycles. The van der Waals surface area contributed by atoms with E-state index in [1.807, 2.05) is 45.0 Å². The molecule has 0 saturated heterocycles. The highest BCUT2D eigenvalue weighted by molar-refractivity contribution is 7.92. The van der Waals surface area contributed by atoms with Gasteiger partial charge in [0.1, 0.15) is 24.1 Å². The fourth-order valence-corrected chi connectivity index (χ4v) is 5.60. The molecule has 220 valence electrons. The lowest BCUT2D eigenvalue weighted by molar-refractivity contribution is -0.139. The number of ether oxygens (including phenoxy) is 2. The Hall–Kier alpha value is -4.05. The van der Waals surface area contributed by atoms with Gasteiger partial charge in [-0.3, -0.25) is 13.9 Å². The van der Waals surface area contributed by atoms with E-state index < -0.39 is 28.5 Å². The molecular formula is C31H39N3O6S. The summed E-state index contributed by atoms with van der Waals surface area (Å²) in [6.45, 7) is 6.99. The van der Waals surface area contributed by atoms with E-state index in [2.05, 4.69) is 5.32 Å². The Morgan fingerprint density at radius 1 is 0.927 bits per heavy atom. The molecule has 0 aliphatic heterocycles. The van der Waals surface area contributed by atoms with Gasteiger partial charge in [-0.2, -0.15) is 0 Å². The predicted molar refractivity (Wildman–Crippen MR) is 160 cm³/mol. The summed E-state index contributed by atoms with van der Waals surface area (Å²) in [5.41, 5.74) is 2.00. The first-order chi connectivity index (χ1) is 19.5. The monoisotopic (exact) mass is 581 g/mol. The molecule has 3 aromatic rings. The lowest BCUT2D eigenvalue weighted by atomic mass is 10.1. The number of hydrogen-bond acceptors (Lipinski definition) is 6. The maximum absolute atomic E-state index is 14.1. The SMILES string of the molecule is CC[C@@H](C)NC(=O)[C@@H](C)N(Cc1ccc(C)cc1)C(=O)CN(c1cc(OC)ccc1OC)S(=O)(=O)c1ccccc1. The Morgan fingerprint density at radius 2 is 1.59 bits per heavy atom. The van der Waals surface area contributed by atoms with Gasteiger partial charge in [-0.25, -0.2) is 8.42 Å². The van der Waals surface area contributed by atoms with Crippen LogP contribution in [-0.2, 0) is 26.2 Å². The smallest absolute Gasteiger partial charge is 0.264 e. The molecular weight excluding hydrogens is 542 g/mol. The third kappa shape index (κ3) is 7.79. The summed E-state index contributed by atoms with van der Waals surface area (Å²) in [4.78, 5) is 28.7. The minimum absolute atomic E-state index is 0.00493. The van der Waals surface area contributed by atoms with Gasteiger partial charge >= 0.3 is 0 Å². The Bertz CT molecular complexity index is 1430. The summed E-state index contributed by atoms with van der Waals surface area (Å²) >= 11 is 0. The zero-order valence-corrected chi connectivity index (χ0v) is 25.3. The van der Waals surface area contributed by atoms with Gasteiger partial charge in [-0.1, -0.05) is 55.0 Å². The fourth-order valence-electron chi connectivity index (χ4n) is 4.16. The average Bonchev–Trinajstić information content (AvgIpc) is 2.98. The number of aryl methyl sites for hydroxylation is 1. The third-order valence-corrected chi connectivity index (χ3v) is 8.68. The third-order valence-electron chi connectivity index (χ3n) is 6.91. The second-order valence-corrected chi connectivity index (χ2v) is 11.7. The topological polar surface area (TPSA) is 105 Å². The molecule has 9 nitrogen and oxygen atoms in total. The number of nitrogens with one attached hydrogen (secondary N) is 1. The molecule has 0 heterocycles. The second-order valence-electron chi connectivity index (χ2n) is 9.86. The minimum atomic E-state index is -4.24. The van der Waals surface area contributed by atoms with E-state index in [4.69, 9.17) is 9.47 Å². The van der Waals surface area contributed by atoms with E-state index in [1.54, 1.807) is 37.3 Å². The molecule has 0 saturated carbocycles. The van der Waals surface area contributed by atoms with Crippen LogP contribution in [-0.4, -0.2) is 58.0 Å². The van der Waals surface area contributed by atoms with Crippen molar-refractivity contribution in [2.24, 2.45) is 0 Å². The van der Waals surface area contributed by atoms with Crippen LogP contribution < -0.4 is 19.1 Å². The van der Waals surface area contributed by atoms with Gasteiger partial charge in [-0.15, -0.1) is 0 Å². The van der Waals surface area contributed by atoms with Crippen molar-refractivity contribution >= 4 is 27.5 Å². The van der Waals surface area contributed by atoms with Crippen molar-refractivity contribution in [1.82, 2.24) is 10.2 Å². The molecule has 3 rings (SSSR count). The number of carbonyl (C=O) groups excluding carboxylic acids is 2. The molecule has 0 bridgehead atoms. The summed E-state index contributed by atoms with van der Waals surface area (Å²) in [5.74, 6) is -0.247. The number of anilines is 1. The number of rotatable bonds is 13. The molecule has 1 N–H and O–H groups in total. The molecule has 0 spiro atoms. The summed E-state index contributed by atoms with van der Waals surface area (Å²) in [7, 11) is -1.35. The van der Waals surface area contributed by atoms with E-state index in [-0.39, 0.29) is 34.8 Å². The number of sulfonamides is 1.